The lowest BCUT2D eigenvalue weighted by Crippen LogP contribution is -2.08. The summed E-state index contributed by atoms with van der Waals surface area (Å²) in [4.78, 5) is 11.5. The van der Waals surface area contributed by atoms with Crippen LogP contribution in [0.15, 0.2) is 24.3 Å². The van der Waals surface area contributed by atoms with E-state index in [0.717, 1.165) is 18.4 Å². The molecular weight excluding hydrogens is 174 g/mol. The van der Waals surface area contributed by atoms with E-state index in [2.05, 4.69) is 13.0 Å². The molecule has 0 amide bonds. The van der Waals surface area contributed by atoms with Crippen LogP contribution in [-0.4, -0.2) is 12.3 Å². The first-order valence-corrected chi connectivity index (χ1v) is 5.10. The molecule has 1 aromatic rings. The minimum absolute atomic E-state index is 0.144. The number of benzene rings is 1. The van der Waals surface area contributed by atoms with Crippen molar-refractivity contribution in [1.29, 1.82) is 0 Å². The summed E-state index contributed by atoms with van der Waals surface area (Å²) in [7, 11) is 0. The summed E-state index contributed by atoms with van der Waals surface area (Å²) in [6.07, 6.45) is 2.58. The molecule has 2 nitrogen and oxygen atoms in total. The summed E-state index contributed by atoms with van der Waals surface area (Å²) in [5.41, 5.74) is 7.37. The van der Waals surface area contributed by atoms with Gasteiger partial charge in [0.25, 0.3) is 0 Å². The molecule has 1 aromatic carbocycles. The summed E-state index contributed by atoms with van der Waals surface area (Å²) < 4.78 is 0. The number of aryl methyl sites for hydroxylation is 1. The van der Waals surface area contributed by atoms with Crippen molar-refractivity contribution in [2.24, 2.45) is 5.73 Å². The van der Waals surface area contributed by atoms with Gasteiger partial charge in [-0.2, -0.15) is 0 Å². The van der Waals surface area contributed by atoms with Gasteiger partial charge in [-0.15, -0.1) is 0 Å². The van der Waals surface area contributed by atoms with Crippen molar-refractivity contribution >= 4 is 5.78 Å². The van der Waals surface area contributed by atoms with Gasteiger partial charge in [0, 0.05) is 12.0 Å². The lowest BCUT2D eigenvalue weighted by Gasteiger charge is -2.02. The van der Waals surface area contributed by atoms with E-state index < -0.39 is 0 Å². The zero-order valence-electron chi connectivity index (χ0n) is 8.62. The highest BCUT2D eigenvalue weighted by molar-refractivity contribution is 5.96. The van der Waals surface area contributed by atoms with Gasteiger partial charge in [-0.1, -0.05) is 31.5 Å². The fraction of sp³-hybridized carbons (Fsp3) is 0.417. The zero-order valence-corrected chi connectivity index (χ0v) is 8.62. The number of carbonyl (C=O) groups excluding carboxylic acids is 1. The van der Waals surface area contributed by atoms with E-state index in [0.29, 0.717) is 13.0 Å². The van der Waals surface area contributed by atoms with Gasteiger partial charge in [-0.05, 0) is 24.6 Å². The number of hydrogen-bond donors (Lipinski definition) is 1. The highest BCUT2D eigenvalue weighted by Crippen LogP contribution is 2.09. The standard InChI is InChI=1S/C12H17NO/c1-2-4-10-5-3-6-11(9-10)12(14)7-8-13/h3,5-6,9H,2,4,7-8,13H2,1H3. The molecule has 0 spiro atoms. The van der Waals surface area contributed by atoms with E-state index >= 15 is 0 Å². The third-order valence-corrected chi connectivity index (χ3v) is 2.16. The highest BCUT2D eigenvalue weighted by atomic mass is 16.1. The maximum atomic E-state index is 11.5. The number of rotatable bonds is 5. The molecule has 0 saturated heterocycles. The molecular formula is C12H17NO. The quantitative estimate of drug-likeness (QED) is 0.725. The third kappa shape index (κ3) is 2.96. The van der Waals surface area contributed by atoms with Crippen molar-refractivity contribution in [2.75, 3.05) is 6.54 Å². The lowest BCUT2D eigenvalue weighted by atomic mass is 10.0. The average Bonchev–Trinajstić information content (AvgIpc) is 2.19. The number of nitrogens with two attached hydrogens (primary N) is 1. The maximum Gasteiger partial charge on any atom is 0.164 e. The Kier molecular flexibility index (Phi) is 4.33. The maximum absolute atomic E-state index is 11.5. The molecule has 76 valence electrons. The molecule has 1 rings (SSSR count). The Balaban J connectivity index is 2.77. The first-order chi connectivity index (χ1) is 6.77. The van der Waals surface area contributed by atoms with Gasteiger partial charge in [0.15, 0.2) is 5.78 Å². The first-order valence-electron chi connectivity index (χ1n) is 5.10. The molecule has 0 saturated carbocycles. The fourth-order valence-electron chi connectivity index (χ4n) is 1.46. The summed E-state index contributed by atoms with van der Waals surface area (Å²) in [6, 6.07) is 7.83. The van der Waals surface area contributed by atoms with Crippen molar-refractivity contribution in [2.45, 2.75) is 26.2 Å². The van der Waals surface area contributed by atoms with Crippen LogP contribution in [0.3, 0.4) is 0 Å². The molecule has 0 atom stereocenters. The molecule has 0 heterocycles. The Bertz CT molecular complexity index is 307. The van der Waals surface area contributed by atoms with Crippen LogP contribution < -0.4 is 5.73 Å². The number of ketones is 1. The molecule has 0 aliphatic heterocycles. The normalized spacial score (nSPS) is 10.1. The first kappa shape index (κ1) is 10.9. The molecule has 0 aliphatic rings. The van der Waals surface area contributed by atoms with Gasteiger partial charge in [0.05, 0.1) is 0 Å². The highest BCUT2D eigenvalue weighted by Gasteiger charge is 2.04. The average molecular weight is 191 g/mol. The third-order valence-electron chi connectivity index (χ3n) is 2.16. The van der Waals surface area contributed by atoms with Crippen molar-refractivity contribution in [3.8, 4) is 0 Å². The predicted molar refractivity (Wildman–Crippen MR) is 58.4 cm³/mol. The predicted octanol–water partition coefficient (Wildman–Crippen LogP) is 2.17. The van der Waals surface area contributed by atoms with E-state index in [9.17, 15) is 4.79 Å². The molecule has 0 aromatic heterocycles. The van der Waals surface area contributed by atoms with Crippen LogP contribution in [0.5, 0.6) is 0 Å². The molecule has 14 heavy (non-hydrogen) atoms. The zero-order chi connectivity index (χ0) is 10.4. The minimum Gasteiger partial charge on any atom is -0.330 e. The van der Waals surface area contributed by atoms with E-state index in [1.165, 1.54) is 5.56 Å². The van der Waals surface area contributed by atoms with Crippen molar-refractivity contribution in [3.05, 3.63) is 35.4 Å². The Morgan fingerprint density at radius 1 is 1.43 bits per heavy atom. The largest absolute Gasteiger partial charge is 0.330 e. The smallest absolute Gasteiger partial charge is 0.164 e. The minimum atomic E-state index is 0.144. The second-order valence-electron chi connectivity index (χ2n) is 3.41. The van der Waals surface area contributed by atoms with Crippen LogP contribution in [-0.2, 0) is 6.42 Å². The van der Waals surface area contributed by atoms with E-state index in [-0.39, 0.29) is 5.78 Å². The van der Waals surface area contributed by atoms with Crippen LogP contribution in [0.25, 0.3) is 0 Å². The Hall–Kier alpha value is -1.15. The molecule has 0 fully saturated rings. The molecule has 0 aliphatic carbocycles. The number of hydrogen-bond acceptors (Lipinski definition) is 2. The Morgan fingerprint density at radius 3 is 2.86 bits per heavy atom. The summed E-state index contributed by atoms with van der Waals surface area (Å²) in [5.74, 6) is 0.144. The van der Waals surface area contributed by atoms with Gasteiger partial charge in [0.1, 0.15) is 0 Å². The molecule has 2 heteroatoms. The molecule has 0 radical (unpaired) electrons. The number of carbonyl (C=O) groups is 1. The van der Waals surface area contributed by atoms with Gasteiger partial charge < -0.3 is 5.73 Å². The monoisotopic (exact) mass is 191 g/mol. The van der Waals surface area contributed by atoms with Crippen LogP contribution in [0, 0.1) is 0 Å². The fourth-order valence-corrected chi connectivity index (χ4v) is 1.46. The van der Waals surface area contributed by atoms with Crippen molar-refractivity contribution in [1.82, 2.24) is 0 Å². The molecule has 0 bridgehead atoms. The second-order valence-corrected chi connectivity index (χ2v) is 3.41. The SMILES string of the molecule is CCCc1cccc(C(=O)CCN)c1. The van der Waals surface area contributed by atoms with Crippen molar-refractivity contribution < 1.29 is 4.79 Å². The summed E-state index contributed by atoms with van der Waals surface area (Å²) in [5, 5.41) is 0. The topological polar surface area (TPSA) is 43.1 Å². The Morgan fingerprint density at radius 2 is 2.21 bits per heavy atom. The summed E-state index contributed by atoms with van der Waals surface area (Å²) in [6.45, 7) is 2.56. The second kappa shape index (κ2) is 5.55. The van der Waals surface area contributed by atoms with Crippen LogP contribution in [0.4, 0.5) is 0 Å². The van der Waals surface area contributed by atoms with E-state index in [1.54, 1.807) is 0 Å². The van der Waals surface area contributed by atoms with E-state index in [1.807, 2.05) is 18.2 Å². The Labute approximate surface area is 85.1 Å². The van der Waals surface area contributed by atoms with Gasteiger partial charge >= 0.3 is 0 Å². The van der Waals surface area contributed by atoms with Crippen LogP contribution in [0.1, 0.15) is 35.7 Å². The number of Topliss-reactive ketones (excluding diaryl/α,β-unsaturated/α-hetero) is 1. The van der Waals surface area contributed by atoms with Crippen LogP contribution >= 0.6 is 0 Å². The van der Waals surface area contributed by atoms with E-state index in [4.69, 9.17) is 5.73 Å². The lowest BCUT2D eigenvalue weighted by molar-refractivity contribution is 0.0985. The van der Waals surface area contributed by atoms with Crippen molar-refractivity contribution in [3.63, 3.8) is 0 Å². The molecule has 0 unspecified atom stereocenters. The van der Waals surface area contributed by atoms with Crippen LogP contribution in [0.2, 0.25) is 0 Å². The van der Waals surface area contributed by atoms with Gasteiger partial charge in [-0.3, -0.25) is 4.79 Å². The summed E-state index contributed by atoms with van der Waals surface area (Å²) >= 11 is 0. The van der Waals surface area contributed by atoms with Gasteiger partial charge in [0.2, 0.25) is 0 Å². The van der Waals surface area contributed by atoms with Gasteiger partial charge in [-0.25, -0.2) is 0 Å². The molecule has 2 N–H and O–H groups in total.